The minimum absolute atomic E-state index is 0.0137. The molecule has 0 N–H and O–H groups in total. The molecule has 6 heteroatoms. The number of aromatic nitrogens is 1. The Morgan fingerprint density at radius 3 is 2.61 bits per heavy atom. The Balaban J connectivity index is 1.91. The third-order valence-corrected chi connectivity index (χ3v) is 5.11. The van der Waals surface area contributed by atoms with E-state index in [1.807, 2.05) is 41.0 Å². The number of carbonyl (C=O) groups is 1. The Labute approximate surface area is 165 Å². The lowest BCUT2D eigenvalue weighted by molar-refractivity contribution is 0.0524. The fourth-order valence-corrected chi connectivity index (χ4v) is 3.88. The van der Waals surface area contributed by atoms with E-state index >= 15 is 0 Å². The van der Waals surface area contributed by atoms with Gasteiger partial charge >= 0.3 is 5.97 Å². The number of ether oxygens (including phenoxy) is 2. The van der Waals surface area contributed by atoms with Crippen LogP contribution in [0, 0.1) is 0 Å². The van der Waals surface area contributed by atoms with Crippen molar-refractivity contribution in [3.8, 4) is 17.2 Å². The summed E-state index contributed by atoms with van der Waals surface area (Å²) in [6.45, 7) is 1.90. The van der Waals surface area contributed by atoms with Gasteiger partial charge in [-0.15, -0.1) is 12.6 Å². The van der Waals surface area contributed by atoms with Crippen molar-refractivity contribution in [2.75, 3.05) is 6.61 Å². The lowest BCUT2D eigenvalue weighted by Crippen LogP contribution is -2.22. The molecule has 138 valence electrons. The summed E-state index contributed by atoms with van der Waals surface area (Å²) in [7, 11) is 0. The molecule has 5 rings (SSSR count). The first-order valence-corrected chi connectivity index (χ1v) is 9.32. The molecule has 0 saturated heterocycles. The van der Waals surface area contributed by atoms with Crippen molar-refractivity contribution in [3.63, 3.8) is 0 Å². The Hall–Kier alpha value is -3.25. The number of rotatable bonds is 2. The van der Waals surface area contributed by atoms with E-state index in [9.17, 15) is 9.59 Å². The third-order valence-electron chi connectivity index (χ3n) is 4.85. The maximum Gasteiger partial charge on any atom is 0.343 e. The first-order valence-electron chi connectivity index (χ1n) is 8.87. The minimum atomic E-state index is -0.641. The smallest absolute Gasteiger partial charge is 0.343 e. The molecule has 5 nitrogen and oxygen atoms in total. The molecule has 3 aromatic carbocycles. The third kappa shape index (κ3) is 2.42. The zero-order valence-electron chi connectivity index (χ0n) is 14.9. The first-order chi connectivity index (χ1) is 13.6. The van der Waals surface area contributed by atoms with Gasteiger partial charge in [0.15, 0.2) is 11.5 Å². The number of fused-ring (bicyclic) bond motifs is 3. The van der Waals surface area contributed by atoms with Crippen LogP contribution in [0.15, 0.2) is 64.4 Å². The van der Waals surface area contributed by atoms with Crippen molar-refractivity contribution in [2.24, 2.45) is 0 Å². The minimum Gasteiger partial charge on any atom is -0.462 e. The molecule has 1 aromatic heterocycles. The Bertz CT molecular complexity index is 1360. The molecule has 0 radical (unpaired) electrons. The summed E-state index contributed by atoms with van der Waals surface area (Å²) >= 11 is 4.40. The second-order valence-corrected chi connectivity index (χ2v) is 7.09. The van der Waals surface area contributed by atoms with Gasteiger partial charge in [0.2, 0.25) is 5.43 Å². The molecule has 0 atom stereocenters. The molecule has 4 aromatic rings. The molecule has 0 aliphatic carbocycles. The van der Waals surface area contributed by atoms with Crippen molar-refractivity contribution < 1.29 is 14.3 Å². The van der Waals surface area contributed by atoms with Gasteiger partial charge in [-0.05, 0) is 42.0 Å². The number of carbonyl (C=O) groups excluding carboxylic acids is 1. The van der Waals surface area contributed by atoms with Gasteiger partial charge in [0, 0.05) is 11.1 Å². The number of esters is 1. The quantitative estimate of drug-likeness (QED) is 0.351. The summed E-state index contributed by atoms with van der Waals surface area (Å²) < 4.78 is 13.0. The molecule has 0 unspecified atom stereocenters. The van der Waals surface area contributed by atoms with Gasteiger partial charge in [0.05, 0.1) is 17.7 Å². The van der Waals surface area contributed by atoms with Crippen LogP contribution in [0.1, 0.15) is 17.3 Å². The molecule has 2 heterocycles. The van der Waals surface area contributed by atoms with E-state index < -0.39 is 11.4 Å². The van der Waals surface area contributed by atoms with E-state index in [-0.39, 0.29) is 12.2 Å². The van der Waals surface area contributed by atoms with Crippen molar-refractivity contribution in [1.82, 2.24) is 4.57 Å². The second kappa shape index (κ2) is 6.14. The maximum absolute atomic E-state index is 13.0. The van der Waals surface area contributed by atoms with E-state index in [1.165, 1.54) is 0 Å². The van der Waals surface area contributed by atoms with E-state index in [4.69, 9.17) is 9.47 Å². The predicted octanol–water partition coefficient (Wildman–Crippen LogP) is 4.72. The summed E-state index contributed by atoms with van der Waals surface area (Å²) in [6, 6.07) is 15.3. The number of nitrogens with zero attached hydrogens (tertiary/aromatic N) is 1. The monoisotopic (exact) mass is 389 g/mol. The Morgan fingerprint density at radius 2 is 1.86 bits per heavy atom. The lowest BCUT2D eigenvalue weighted by atomic mass is 10.1. The molecule has 1 aliphatic heterocycles. The van der Waals surface area contributed by atoms with E-state index in [0.29, 0.717) is 27.3 Å². The fourth-order valence-electron chi connectivity index (χ4n) is 3.63. The van der Waals surface area contributed by atoms with Crippen LogP contribution in [0.2, 0.25) is 0 Å². The van der Waals surface area contributed by atoms with Crippen LogP contribution in [0.3, 0.4) is 0 Å². The van der Waals surface area contributed by atoms with Gasteiger partial charge in [-0.3, -0.25) is 4.79 Å². The van der Waals surface area contributed by atoms with Crippen LogP contribution in [0.5, 0.6) is 11.5 Å². The van der Waals surface area contributed by atoms with Crippen LogP contribution in [0.4, 0.5) is 0 Å². The largest absolute Gasteiger partial charge is 0.462 e. The molecule has 1 aliphatic rings. The molecular formula is C22H15NO4S. The van der Waals surface area contributed by atoms with Crippen LogP contribution in [-0.4, -0.2) is 17.1 Å². The molecular weight excluding hydrogens is 374 g/mol. The van der Waals surface area contributed by atoms with Crippen molar-refractivity contribution in [2.45, 2.75) is 11.8 Å². The van der Waals surface area contributed by atoms with Gasteiger partial charge in [0.25, 0.3) is 0 Å². The molecule has 0 amide bonds. The van der Waals surface area contributed by atoms with E-state index in [0.717, 1.165) is 16.5 Å². The van der Waals surface area contributed by atoms with Crippen LogP contribution >= 0.6 is 12.6 Å². The van der Waals surface area contributed by atoms with Gasteiger partial charge < -0.3 is 14.0 Å². The van der Waals surface area contributed by atoms with Crippen LogP contribution < -0.4 is 10.2 Å². The fraction of sp³-hybridized carbons (Fsp3) is 0.0909. The van der Waals surface area contributed by atoms with Gasteiger partial charge in [-0.1, -0.05) is 24.3 Å². The predicted molar refractivity (Wildman–Crippen MR) is 110 cm³/mol. The van der Waals surface area contributed by atoms with Gasteiger partial charge in [-0.2, -0.15) is 0 Å². The number of thiol groups is 1. The zero-order chi connectivity index (χ0) is 19.4. The standard InChI is InChI=1S/C22H15NO4S/c1-2-26-22(25)16-11-23-17-7-12-5-3-4-6-13(12)8-18(17)27-19-10-14(28)9-15(20(19)23)21(16)24/h3-11,28H,2H2,1H3. The topological polar surface area (TPSA) is 57.5 Å². The molecule has 0 bridgehead atoms. The van der Waals surface area contributed by atoms with Crippen LogP contribution in [0.25, 0.3) is 27.4 Å². The maximum atomic E-state index is 13.0. The summed E-state index contributed by atoms with van der Waals surface area (Å²) in [4.78, 5) is 25.9. The Kier molecular flexibility index (Phi) is 3.70. The molecule has 0 fully saturated rings. The summed E-state index contributed by atoms with van der Waals surface area (Å²) in [5, 5.41) is 2.44. The highest BCUT2D eigenvalue weighted by Crippen LogP contribution is 2.42. The van der Waals surface area contributed by atoms with E-state index in [1.54, 1.807) is 25.3 Å². The highest BCUT2D eigenvalue weighted by atomic mass is 32.1. The molecule has 28 heavy (non-hydrogen) atoms. The average Bonchev–Trinajstić information content (AvgIpc) is 2.68. The van der Waals surface area contributed by atoms with Gasteiger partial charge in [-0.25, -0.2) is 4.79 Å². The lowest BCUT2D eigenvalue weighted by Gasteiger charge is -2.24. The number of hydrogen-bond acceptors (Lipinski definition) is 5. The number of pyridine rings is 1. The first kappa shape index (κ1) is 16.9. The highest BCUT2D eigenvalue weighted by molar-refractivity contribution is 7.80. The van der Waals surface area contributed by atoms with Crippen molar-refractivity contribution in [3.05, 3.63) is 70.5 Å². The van der Waals surface area contributed by atoms with Gasteiger partial charge in [0.1, 0.15) is 11.1 Å². The average molecular weight is 389 g/mol. The van der Waals surface area contributed by atoms with Crippen LogP contribution in [-0.2, 0) is 4.74 Å². The van der Waals surface area contributed by atoms with E-state index in [2.05, 4.69) is 12.6 Å². The Morgan fingerprint density at radius 1 is 1.11 bits per heavy atom. The van der Waals surface area contributed by atoms with Crippen molar-refractivity contribution in [1.29, 1.82) is 0 Å². The molecule has 0 saturated carbocycles. The number of hydrogen-bond donors (Lipinski definition) is 1. The normalized spacial score (nSPS) is 11.9. The SMILES string of the molecule is CCOC(=O)c1cn2c3c(cc(S)cc3c1=O)Oc1cc3ccccc3cc1-2. The second-order valence-electron chi connectivity index (χ2n) is 6.57. The molecule has 0 spiro atoms. The van der Waals surface area contributed by atoms with Crippen molar-refractivity contribution >= 4 is 40.3 Å². The highest BCUT2D eigenvalue weighted by Gasteiger charge is 2.25. The number of benzene rings is 3. The summed E-state index contributed by atoms with van der Waals surface area (Å²) in [5.41, 5.74) is 0.960. The summed E-state index contributed by atoms with van der Waals surface area (Å²) in [5.74, 6) is 0.528. The zero-order valence-corrected chi connectivity index (χ0v) is 15.8. The summed E-state index contributed by atoms with van der Waals surface area (Å²) in [6.07, 6.45) is 1.54.